The number of anilines is 1. The van der Waals surface area contributed by atoms with Crippen LogP contribution >= 0.6 is 23.2 Å². The Morgan fingerprint density at radius 1 is 1.12 bits per heavy atom. The molecule has 4 rings (SSSR count). The Balaban J connectivity index is 1.75. The molecule has 2 atom stereocenters. The summed E-state index contributed by atoms with van der Waals surface area (Å²) < 4.78 is 1.89. The second-order valence-electron chi connectivity index (χ2n) is 6.05. The number of nitrogens with zero attached hydrogens (tertiary/aromatic N) is 3. The average Bonchev–Trinajstić information content (AvgIpc) is 3.03. The molecule has 2 aromatic carbocycles. The van der Waals surface area contributed by atoms with Crippen molar-refractivity contribution >= 4 is 29.2 Å². The Morgan fingerprint density at radius 3 is 2.67 bits per heavy atom. The van der Waals surface area contributed by atoms with Crippen molar-refractivity contribution in [1.29, 1.82) is 0 Å². The number of hydrogen-bond acceptors (Lipinski definition) is 3. The molecule has 3 aromatic rings. The fourth-order valence-corrected chi connectivity index (χ4v) is 3.70. The molecule has 0 saturated carbocycles. The topological polar surface area (TPSA) is 42.7 Å². The van der Waals surface area contributed by atoms with Gasteiger partial charge in [-0.2, -0.15) is 10.1 Å². The standard InChI is InChI=1S/C18H16Cl2N4/c1-11-2-4-12(5-3-11)16-9-17(24-18(23-16)21-10-22-24)14-7-6-13(19)8-15(14)20/h2-8,10,16-17H,9H2,1H3,(H,21,22,23)/t16-,17+/m1/s1. The van der Waals surface area contributed by atoms with Crippen molar-refractivity contribution in [3.05, 3.63) is 75.5 Å². The van der Waals surface area contributed by atoms with E-state index in [-0.39, 0.29) is 12.1 Å². The van der Waals surface area contributed by atoms with Gasteiger partial charge in [0.25, 0.3) is 0 Å². The van der Waals surface area contributed by atoms with Gasteiger partial charge < -0.3 is 5.32 Å². The maximum Gasteiger partial charge on any atom is 0.222 e. The number of halogens is 2. The predicted octanol–water partition coefficient (Wildman–Crippen LogP) is 5.04. The molecule has 0 fully saturated rings. The molecule has 1 aliphatic rings. The molecule has 122 valence electrons. The minimum Gasteiger partial charge on any atom is -0.348 e. The molecule has 0 unspecified atom stereocenters. The Kier molecular flexibility index (Phi) is 3.94. The molecule has 0 spiro atoms. The molecule has 24 heavy (non-hydrogen) atoms. The third-order valence-corrected chi connectivity index (χ3v) is 4.99. The molecule has 0 saturated heterocycles. The first-order valence-corrected chi connectivity index (χ1v) is 8.55. The van der Waals surface area contributed by atoms with E-state index in [4.69, 9.17) is 23.2 Å². The lowest BCUT2D eigenvalue weighted by atomic mass is 9.93. The van der Waals surface area contributed by atoms with Crippen LogP contribution in [0.2, 0.25) is 10.0 Å². The number of aromatic nitrogens is 3. The quantitative estimate of drug-likeness (QED) is 0.697. The zero-order valence-corrected chi connectivity index (χ0v) is 14.6. The second kappa shape index (κ2) is 6.11. The summed E-state index contributed by atoms with van der Waals surface area (Å²) >= 11 is 12.5. The van der Waals surface area contributed by atoms with Crippen LogP contribution in [0, 0.1) is 6.92 Å². The van der Waals surface area contributed by atoms with Gasteiger partial charge in [-0.15, -0.1) is 0 Å². The summed E-state index contributed by atoms with van der Waals surface area (Å²) in [6.07, 6.45) is 2.40. The zero-order valence-electron chi connectivity index (χ0n) is 13.1. The highest BCUT2D eigenvalue weighted by atomic mass is 35.5. The summed E-state index contributed by atoms with van der Waals surface area (Å²) in [7, 11) is 0. The molecule has 4 nitrogen and oxygen atoms in total. The molecule has 0 bridgehead atoms. The molecule has 0 aliphatic carbocycles. The molecule has 1 N–H and O–H groups in total. The van der Waals surface area contributed by atoms with Gasteiger partial charge >= 0.3 is 0 Å². The van der Waals surface area contributed by atoms with Gasteiger partial charge in [0.15, 0.2) is 0 Å². The van der Waals surface area contributed by atoms with Crippen molar-refractivity contribution < 1.29 is 0 Å². The summed E-state index contributed by atoms with van der Waals surface area (Å²) in [6, 6.07) is 14.3. The molecule has 1 aromatic heterocycles. The summed E-state index contributed by atoms with van der Waals surface area (Å²) in [5, 5.41) is 9.12. The molecule has 0 radical (unpaired) electrons. The molecular formula is C18H16Cl2N4. The maximum atomic E-state index is 6.44. The lowest BCUT2D eigenvalue weighted by Crippen LogP contribution is -2.28. The number of hydrogen-bond donors (Lipinski definition) is 1. The van der Waals surface area contributed by atoms with Gasteiger partial charge in [-0.3, -0.25) is 0 Å². The smallest absolute Gasteiger partial charge is 0.222 e. The first kappa shape index (κ1) is 15.5. The average molecular weight is 359 g/mol. The van der Waals surface area contributed by atoms with Gasteiger partial charge in [-0.05, 0) is 36.6 Å². The van der Waals surface area contributed by atoms with Gasteiger partial charge in [-0.1, -0.05) is 59.1 Å². The van der Waals surface area contributed by atoms with E-state index in [2.05, 4.69) is 46.6 Å². The van der Waals surface area contributed by atoms with Crippen molar-refractivity contribution in [3.8, 4) is 0 Å². The van der Waals surface area contributed by atoms with Crippen LogP contribution < -0.4 is 5.32 Å². The highest BCUT2D eigenvalue weighted by Gasteiger charge is 2.31. The molecule has 0 amide bonds. The van der Waals surface area contributed by atoms with Crippen molar-refractivity contribution in [2.24, 2.45) is 0 Å². The molecule has 6 heteroatoms. The zero-order chi connectivity index (χ0) is 16.7. The third-order valence-electron chi connectivity index (χ3n) is 4.43. The number of benzene rings is 2. The minimum absolute atomic E-state index is 0.0137. The monoisotopic (exact) mass is 358 g/mol. The van der Waals surface area contributed by atoms with Crippen molar-refractivity contribution in [2.45, 2.75) is 25.4 Å². The highest BCUT2D eigenvalue weighted by molar-refractivity contribution is 6.35. The van der Waals surface area contributed by atoms with E-state index in [1.54, 1.807) is 12.4 Å². The van der Waals surface area contributed by atoms with Crippen molar-refractivity contribution in [1.82, 2.24) is 14.8 Å². The van der Waals surface area contributed by atoms with E-state index in [1.165, 1.54) is 11.1 Å². The Morgan fingerprint density at radius 2 is 1.92 bits per heavy atom. The SMILES string of the molecule is Cc1ccc([C@H]2C[C@@H](c3ccc(Cl)cc3Cl)n3ncnc3N2)cc1. The largest absolute Gasteiger partial charge is 0.348 e. The van der Waals surface area contributed by atoms with E-state index >= 15 is 0 Å². The van der Waals surface area contributed by atoms with E-state index in [9.17, 15) is 0 Å². The van der Waals surface area contributed by atoms with Crippen LogP contribution in [0.1, 0.15) is 35.2 Å². The third kappa shape index (κ3) is 2.76. The van der Waals surface area contributed by atoms with Gasteiger partial charge in [0.1, 0.15) is 6.33 Å². The summed E-state index contributed by atoms with van der Waals surface area (Å²) in [5.41, 5.74) is 3.48. The molecular weight excluding hydrogens is 343 g/mol. The van der Waals surface area contributed by atoms with Crippen LogP contribution in [0.3, 0.4) is 0 Å². The van der Waals surface area contributed by atoms with E-state index < -0.39 is 0 Å². The Hall–Kier alpha value is -2.04. The minimum atomic E-state index is 0.0137. The number of nitrogens with one attached hydrogen (secondary N) is 1. The van der Waals surface area contributed by atoms with Crippen LogP contribution in [0.4, 0.5) is 5.95 Å². The van der Waals surface area contributed by atoms with Gasteiger partial charge in [0.05, 0.1) is 12.1 Å². The summed E-state index contributed by atoms with van der Waals surface area (Å²) in [6.45, 7) is 2.09. The van der Waals surface area contributed by atoms with Crippen LogP contribution in [-0.4, -0.2) is 14.8 Å². The predicted molar refractivity (Wildman–Crippen MR) is 96.8 cm³/mol. The van der Waals surface area contributed by atoms with Gasteiger partial charge in [-0.25, -0.2) is 4.68 Å². The normalized spacial score (nSPS) is 19.6. The fourth-order valence-electron chi connectivity index (χ4n) is 3.17. The lowest BCUT2D eigenvalue weighted by Gasteiger charge is -2.32. The first-order chi connectivity index (χ1) is 11.6. The Labute approximate surface area is 150 Å². The fraction of sp³-hybridized carbons (Fsp3) is 0.222. The van der Waals surface area contributed by atoms with Crippen LogP contribution in [0.15, 0.2) is 48.8 Å². The highest BCUT2D eigenvalue weighted by Crippen LogP contribution is 2.40. The number of rotatable bonds is 2. The van der Waals surface area contributed by atoms with Crippen LogP contribution in [0.5, 0.6) is 0 Å². The summed E-state index contributed by atoms with van der Waals surface area (Å²) in [4.78, 5) is 4.34. The molecule has 1 aliphatic heterocycles. The van der Waals surface area contributed by atoms with Gasteiger partial charge in [0.2, 0.25) is 5.95 Å². The first-order valence-electron chi connectivity index (χ1n) is 7.79. The van der Waals surface area contributed by atoms with Crippen LogP contribution in [-0.2, 0) is 0 Å². The van der Waals surface area contributed by atoms with E-state index in [0.717, 1.165) is 17.9 Å². The summed E-state index contributed by atoms with van der Waals surface area (Å²) in [5.74, 6) is 0.753. The number of aryl methyl sites for hydroxylation is 1. The van der Waals surface area contributed by atoms with E-state index in [0.29, 0.717) is 10.0 Å². The van der Waals surface area contributed by atoms with Crippen LogP contribution in [0.25, 0.3) is 0 Å². The number of fused-ring (bicyclic) bond motifs is 1. The molecule has 2 heterocycles. The maximum absolute atomic E-state index is 6.44. The van der Waals surface area contributed by atoms with Gasteiger partial charge in [0, 0.05) is 10.0 Å². The second-order valence-corrected chi connectivity index (χ2v) is 6.90. The van der Waals surface area contributed by atoms with Crippen molar-refractivity contribution in [2.75, 3.05) is 5.32 Å². The van der Waals surface area contributed by atoms with E-state index in [1.807, 2.05) is 16.8 Å². The Bertz CT molecular complexity index is 873. The lowest BCUT2D eigenvalue weighted by molar-refractivity contribution is 0.431. The van der Waals surface area contributed by atoms with Crippen molar-refractivity contribution in [3.63, 3.8) is 0 Å².